The lowest BCUT2D eigenvalue weighted by Crippen LogP contribution is -2.43. The Morgan fingerprint density at radius 1 is 1.29 bits per heavy atom. The molecule has 0 bridgehead atoms. The van der Waals surface area contributed by atoms with Gasteiger partial charge in [-0.1, -0.05) is 0 Å². The van der Waals surface area contributed by atoms with Crippen LogP contribution in [0.15, 0.2) is 24.3 Å². The largest absolute Gasteiger partial charge is 0.382 e. The van der Waals surface area contributed by atoms with Gasteiger partial charge in [-0.15, -0.1) is 0 Å². The zero-order valence-corrected chi connectivity index (χ0v) is 12.7. The zero-order valence-electron chi connectivity index (χ0n) is 12.7. The first-order valence-electron chi connectivity index (χ1n) is 7.73. The van der Waals surface area contributed by atoms with Crippen LogP contribution in [0.4, 0.5) is 11.4 Å². The maximum Gasteiger partial charge on any atom is 0.224 e. The predicted octanol–water partition coefficient (Wildman–Crippen LogP) is 1.85. The SMILES string of the molecule is CCOCCCC(=O)Nc1ccc(N2CCNCC2)cc1. The second-order valence-corrected chi connectivity index (χ2v) is 5.13. The summed E-state index contributed by atoms with van der Waals surface area (Å²) in [5.41, 5.74) is 2.07. The van der Waals surface area contributed by atoms with E-state index in [1.165, 1.54) is 5.69 Å². The minimum atomic E-state index is 0.0459. The molecule has 0 aliphatic carbocycles. The number of carbonyl (C=O) groups is 1. The minimum absolute atomic E-state index is 0.0459. The van der Waals surface area contributed by atoms with E-state index in [0.29, 0.717) is 19.6 Å². The average molecular weight is 291 g/mol. The molecule has 1 amide bonds. The van der Waals surface area contributed by atoms with Gasteiger partial charge in [0, 0.05) is 57.2 Å². The number of nitrogens with zero attached hydrogens (tertiary/aromatic N) is 1. The van der Waals surface area contributed by atoms with Crippen LogP contribution in [0.3, 0.4) is 0 Å². The van der Waals surface area contributed by atoms with Crippen molar-refractivity contribution in [2.75, 3.05) is 49.6 Å². The number of ether oxygens (including phenoxy) is 1. The van der Waals surface area contributed by atoms with Crippen molar-refractivity contribution in [3.8, 4) is 0 Å². The lowest BCUT2D eigenvalue weighted by molar-refractivity contribution is -0.116. The molecular weight excluding hydrogens is 266 g/mol. The first kappa shape index (κ1) is 15.8. The molecule has 0 spiro atoms. The second-order valence-electron chi connectivity index (χ2n) is 5.13. The normalized spacial score (nSPS) is 15.0. The van der Waals surface area contributed by atoms with Crippen molar-refractivity contribution >= 4 is 17.3 Å². The van der Waals surface area contributed by atoms with Gasteiger partial charge in [-0.3, -0.25) is 4.79 Å². The molecule has 2 N–H and O–H groups in total. The van der Waals surface area contributed by atoms with Gasteiger partial charge in [-0.2, -0.15) is 0 Å². The molecule has 21 heavy (non-hydrogen) atoms. The Labute approximate surface area is 126 Å². The Morgan fingerprint density at radius 2 is 2.00 bits per heavy atom. The first-order chi connectivity index (χ1) is 10.3. The van der Waals surface area contributed by atoms with Crippen molar-refractivity contribution in [3.05, 3.63) is 24.3 Å². The third-order valence-corrected chi connectivity index (χ3v) is 3.53. The van der Waals surface area contributed by atoms with Gasteiger partial charge in [0.15, 0.2) is 0 Å². The number of hydrogen-bond donors (Lipinski definition) is 2. The summed E-state index contributed by atoms with van der Waals surface area (Å²) in [5.74, 6) is 0.0459. The van der Waals surface area contributed by atoms with E-state index in [0.717, 1.165) is 38.3 Å². The lowest BCUT2D eigenvalue weighted by Gasteiger charge is -2.29. The van der Waals surface area contributed by atoms with Crippen LogP contribution in [0.1, 0.15) is 19.8 Å². The summed E-state index contributed by atoms with van der Waals surface area (Å²) in [6.45, 7) is 7.42. The van der Waals surface area contributed by atoms with E-state index < -0.39 is 0 Å². The van der Waals surface area contributed by atoms with Crippen LogP contribution >= 0.6 is 0 Å². The number of anilines is 2. The highest BCUT2D eigenvalue weighted by atomic mass is 16.5. The molecule has 1 aromatic carbocycles. The summed E-state index contributed by atoms with van der Waals surface area (Å²) >= 11 is 0. The summed E-state index contributed by atoms with van der Waals surface area (Å²) in [7, 11) is 0. The highest BCUT2D eigenvalue weighted by Gasteiger charge is 2.10. The van der Waals surface area contributed by atoms with Gasteiger partial charge in [-0.05, 0) is 37.6 Å². The maximum atomic E-state index is 11.8. The molecule has 1 aromatic rings. The lowest BCUT2D eigenvalue weighted by atomic mass is 10.2. The fourth-order valence-corrected chi connectivity index (χ4v) is 2.38. The number of hydrogen-bond acceptors (Lipinski definition) is 4. The Morgan fingerprint density at radius 3 is 2.67 bits per heavy atom. The van der Waals surface area contributed by atoms with Crippen molar-refractivity contribution in [2.45, 2.75) is 19.8 Å². The first-order valence-corrected chi connectivity index (χ1v) is 7.73. The van der Waals surface area contributed by atoms with Crippen LogP contribution < -0.4 is 15.5 Å². The van der Waals surface area contributed by atoms with Crippen LogP contribution in [0.25, 0.3) is 0 Å². The highest BCUT2D eigenvalue weighted by molar-refractivity contribution is 5.90. The van der Waals surface area contributed by atoms with Crippen LogP contribution in [-0.4, -0.2) is 45.3 Å². The molecule has 0 radical (unpaired) electrons. The maximum absolute atomic E-state index is 11.8. The van der Waals surface area contributed by atoms with Gasteiger partial charge in [0.05, 0.1) is 0 Å². The standard InChI is InChI=1S/C16H25N3O2/c1-2-21-13-3-4-16(20)18-14-5-7-15(8-6-14)19-11-9-17-10-12-19/h5-8,17H,2-4,9-13H2,1H3,(H,18,20). The number of piperazine rings is 1. The Bertz CT molecular complexity index is 428. The molecule has 1 aliphatic rings. The highest BCUT2D eigenvalue weighted by Crippen LogP contribution is 2.18. The second kappa shape index (κ2) is 8.64. The molecule has 1 aliphatic heterocycles. The average Bonchev–Trinajstić information content (AvgIpc) is 2.53. The van der Waals surface area contributed by atoms with Crippen LogP contribution in [0.5, 0.6) is 0 Å². The van der Waals surface area contributed by atoms with E-state index in [1.54, 1.807) is 0 Å². The van der Waals surface area contributed by atoms with Gasteiger partial charge in [-0.25, -0.2) is 0 Å². The number of carbonyl (C=O) groups excluding carboxylic acids is 1. The van der Waals surface area contributed by atoms with Crippen molar-refractivity contribution in [2.24, 2.45) is 0 Å². The fourth-order valence-electron chi connectivity index (χ4n) is 2.38. The van der Waals surface area contributed by atoms with Gasteiger partial charge < -0.3 is 20.3 Å². The Hall–Kier alpha value is -1.59. The van der Waals surface area contributed by atoms with E-state index in [9.17, 15) is 4.79 Å². The molecule has 5 nitrogen and oxygen atoms in total. The molecule has 1 heterocycles. The minimum Gasteiger partial charge on any atom is -0.382 e. The van der Waals surface area contributed by atoms with Gasteiger partial charge in [0.25, 0.3) is 0 Å². The van der Waals surface area contributed by atoms with E-state index >= 15 is 0 Å². The number of amides is 1. The van der Waals surface area contributed by atoms with Crippen LogP contribution in [0.2, 0.25) is 0 Å². The smallest absolute Gasteiger partial charge is 0.224 e. The summed E-state index contributed by atoms with van der Waals surface area (Å²) in [6.07, 6.45) is 1.26. The van der Waals surface area contributed by atoms with Gasteiger partial charge in [0.2, 0.25) is 5.91 Å². The molecular formula is C16H25N3O2. The summed E-state index contributed by atoms with van der Waals surface area (Å²) in [5, 5.41) is 6.27. The molecule has 0 aromatic heterocycles. The van der Waals surface area contributed by atoms with Crippen molar-refractivity contribution < 1.29 is 9.53 Å². The fraction of sp³-hybridized carbons (Fsp3) is 0.562. The third-order valence-electron chi connectivity index (χ3n) is 3.53. The molecule has 116 valence electrons. The third kappa shape index (κ3) is 5.36. The molecule has 0 atom stereocenters. The summed E-state index contributed by atoms with van der Waals surface area (Å²) in [4.78, 5) is 14.1. The predicted molar refractivity (Wildman–Crippen MR) is 85.9 cm³/mol. The van der Waals surface area contributed by atoms with E-state index in [-0.39, 0.29) is 5.91 Å². The number of benzene rings is 1. The van der Waals surface area contributed by atoms with E-state index in [1.807, 2.05) is 19.1 Å². The molecule has 1 saturated heterocycles. The monoisotopic (exact) mass is 291 g/mol. The van der Waals surface area contributed by atoms with Crippen LogP contribution in [-0.2, 0) is 9.53 Å². The van der Waals surface area contributed by atoms with E-state index in [2.05, 4.69) is 27.7 Å². The number of rotatable bonds is 7. The Balaban J connectivity index is 1.77. The Kier molecular flexibility index (Phi) is 6.50. The van der Waals surface area contributed by atoms with Crippen molar-refractivity contribution in [1.82, 2.24) is 5.32 Å². The molecule has 1 fully saturated rings. The van der Waals surface area contributed by atoms with Gasteiger partial charge in [0.1, 0.15) is 0 Å². The molecule has 5 heteroatoms. The topological polar surface area (TPSA) is 53.6 Å². The van der Waals surface area contributed by atoms with Crippen molar-refractivity contribution in [3.63, 3.8) is 0 Å². The summed E-state index contributed by atoms with van der Waals surface area (Å²) < 4.78 is 5.23. The molecule has 0 saturated carbocycles. The number of nitrogens with one attached hydrogen (secondary N) is 2. The zero-order chi connectivity index (χ0) is 14.9. The van der Waals surface area contributed by atoms with Crippen LogP contribution in [0, 0.1) is 0 Å². The van der Waals surface area contributed by atoms with Gasteiger partial charge >= 0.3 is 0 Å². The van der Waals surface area contributed by atoms with E-state index in [4.69, 9.17) is 4.74 Å². The molecule has 0 unspecified atom stereocenters. The summed E-state index contributed by atoms with van der Waals surface area (Å²) in [6, 6.07) is 8.08. The molecule has 2 rings (SSSR count). The van der Waals surface area contributed by atoms with Crippen molar-refractivity contribution in [1.29, 1.82) is 0 Å². The quantitative estimate of drug-likeness (QED) is 0.753.